The van der Waals surface area contributed by atoms with E-state index in [1.54, 1.807) is 38.1 Å². The number of anilines is 1. The van der Waals surface area contributed by atoms with Crippen LogP contribution in [0.4, 0.5) is 5.69 Å². The molecule has 0 spiro atoms. The van der Waals surface area contributed by atoms with E-state index >= 15 is 0 Å². The summed E-state index contributed by atoms with van der Waals surface area (Å²) >= 11 is 0. The van der Waals surface area contributed by atoms with Gasteiger partial charge in [-0.1, -0.05) is 6.07 Å². The van der Waals surface area contributed by atoms with Gasteiger partial charge in [-0.2, -0.15) is 0 Å². The standard InChI is InChI=1S/C15H22N2O4/c1-11(18)17-13-7-4-6-12(10-13)14(19)21-9-5-8-16-15(2,3)20/h4,6-7,10,16,20H,5,8-9H2,1-3H3,(H,17,18). The van der Waals surface area contributed by atoms with Crippen molar-refractivity contribution in [2.45, 2.75) is 32.9 Å². The van der Waals surface area contributed by atoms with Crippen molar-refractivity contribution in [1.29, 1.82) is 0 Å². The van der Waals surface area contributed by atoms with Crippen LogP contribution in [0.25, 0.3) is 0 Å². The zero-order valence-corrected chi connectivity index (χ0v) is 12.6. The normalized spacial score (nSPS) is 11.0. The van der Waals surface area contributed by atoms with E-state index in [0.29, 0.717) is 24.2 Å². The number of carbonyl (C=O) groups excluding carboxylic acids is 2. The molecule has 21 heavy (non-hydrogen) atoms. The van der Waals surface area contributed by atoms with Crippen molar-refractivity contribution in [2.24, 2.45) is 0 Å². The van der Waals surface area contributed by atoms with Gasteiger partial charge in [0.15, 0.2) is 0 Å². The van der Waals surface area contributed by atoms with Gasteiger partial charge in [0.2, 0.25) is 5.91 Å². The zero-order chi connectivity index (χ0) is 15.9. The van der Waals surface area contributed by atoms with Crippen LogP contribution in [0.3, 0.4) is 0 Å². The highest BCUT2D eigenvalue weighted by molar-refractivity contribution is 5.93. The van der Waals surface area contributed by atoms with Gasteiger partial charge in [0.1, 0.15) is 5.72 Å². The lowest BCUT2D eigenvalue weighted by atomic mass is 10.2. The summed E-state index contributed by atoms with van der Waals surface area (Å²) in [5.74, 6) is -0.635. The van der Waals surface area contributed by atoms with Gasteiger partial charge in [-0.3, -0.25) is 10.1 Å². The van der Waals surface area contributed by atoms with Crippen molar-refractivity contribution >= 4 is 17.6 Å². The summed E-state index contributed by atoms with van der Waals surface area (Å²) < 4.78 is 5.13. The van der Waals surface area contributed by atoms with Crippen molar-refractivity contribution in [3.05, 3.63) is 29.8 Å². The molecule has 0 fully saturated rings. The second-order valence-electron chi connectivity index (χ2n) is 5.24. The predicted molar refractivity (Wildman–Crippen MR) is 79.9 cm³/mol. The van der Waals surface area contributed by atoms with E-state index in [9.17, 15) is 14.7 Å². The van der Waals surface area contributed by atoms with Gasteiger partial charge < -0.3 is 15.2 Å². The number of hydrogen-bond acceptors (Lipinski definition) is 5. The van der Waals surface area contributed by atoms with Gasteiger partial charge in [0.05, 0.1) is 12.2 Å². The van der Waals surface area contributed by atoms with Crippen LogP contribution in [-0.4, -0.2) is 35.9 Å². The molecule has 0 atom stereocenters. The van der Waals surface area contributed by atoms with Crippen molar-refractivity contribution in [3.8, 4) is 0 Å². The maximum atomic E-state index is 11.8. The van der Waals surface area contributed by atoms with Crippen molar-refractivity contribution < 1.29 is 19.4 Å². The topological polar surface area (TPSA) is 87.7 Å². The monoisotopic (exact) mass is 294 g/mol. The Morgan fingerprint density at radius 2 is 2.05 bits per heavy atom. The van der Waals surface area contributed by atoms with Crippen LogP contribution in [0, 0.1) is 0 Å². The smallest absolute Gasteiger partial charge is 0.338 e. The van der Waals surface area contributed by atoms with E-state index in [0.717, 1.165) is 0 Å². The molecule has 0 heterocycles. The molecule has 1 amide bonds. The van der Waals surface area contributed by atoms with Gasteiger partial charge in [0, 0.05) is 19.2 Å². The molecule has 0 aliphatic rings. The van der Waals surface area contributed by atoms with Crippen LogP contribution >= 0.6 is 0 Å². The first kappa shape index (κ1) is 17.1. The van der Waals surface area contributed by atoms with Crippen LogP contribution in [-0.2, 0) is 9.53 Å². The Morgan fingerprint density at radius 1 is 1.33 bits per heavy atom. The average Bonchev–Trinajstić information content (AvgIpc) is 2.36. The van der Waals surface area contributed by atoms with Gasteiger partial charge in [0.25, 0.3) is 0 Å². The van der Waals surface area contributed by atoms with Crippen LogP contribution in [0.2, 0.25) is 0 Å². The van der Waals surface area contributed by atoms with Crippen molar-refractivity contribution in [2.75, 3.05) is 18.5 Å². The Bertz CT molecular complexity index is 495. The van der Waals surface area contributed by atoms with Crippen LogP contribution in [0.5, 0.6) is 0 Å². The van der Waals surface area contributed by atoms with Gasteiger partial charge >= 0.3 is 5.97 Å². The fourth-order valence-corrected chi connectivity index (χ4v) is 1.64. The number of nitrogens with one attached hydrogen (secondary N) is 2. The molecule has 0 unspecified atom stereocenters. The van der Waals surface area contributed by atoms with Crippen LogP contribution in [0.15, 0.2) is 24.3 Å². The summed E-state index contributed by atoms with van der Waals surface area (Å²) in [5.41, 5.74) is 0.00816. The average molecular weight is 294 g/mol. The molecule has 6 nitrogen and oxygen atoms in total. The molecule has 0 aliphatic carbocycles. The molecule has 6 heteroatoms. The lowest BCUT2D eigenvalue weighted by Gasteiger charge is -2.18. The van der Waals surface area contributed by atoms with E-state index in [2.05, 4.69) is 10.6 Å². The van der Waals surface area contributed by atoms with Crippen LogP contribution < -0.4 is 10.6 Å². The zero-order valence-electron chi connectivity index (χ0n) is 12.6. The molecular weight excluding hydrogens is 272 g/mol. The summed E-state index contributed by atoms with van der Waals surface area (Å²) in [4.78, 5) is 22.8. The molecule has 3 N–H and O–H groups in total. The summed E-state index contributed by atoms with van der Waals surface area (Å²) in [7, 11) is 0. The molecule has 1 aromatic rings. The first-order valence-corrected chi connectivity index (χ1v) is 6.80. The maximum absolute atomic E-state index is 11.8. The molecular formula is C15H22N2O4. The van der Waals surface area contributed by atoms with E-state index in [4.69, 9.17) is 4.74 Å². The summed E-state index contributed by atoms with van der Waals surface area (Å²) in [6.07, 6.45) is 0.598. The molecule has 0 bridgehead atoms. The van der Waals surface area contributed by atoms with E-state index < -0.39 is 11.7 Å². The summed E-state index contributed by atoms with van der Waals surface area (Å²) in [6.45, 7) is 5.49. The molecule has 1 rings (SSSR count). The number of rotatable bonds is 7. The Morgan fingerprint density at radius 3 is 2.67 bits per heavy atom. The number of aliphatic hydroxyl groups is 1. The highest BCUT2D eigenvalue weighted by Gasteiger charge is 2.11. The van der Waals surface area contributed by atoms with Gasteiger partial charge in [-0.25, -0.2) is 4.79 Å². The largest absolute Gasteiger partial charge is 0.462 e. The lowest BCUT2D eigenvalue weighted by molar-refractivity contribution is -0.114. The predicted octanol–water partition coefficient (Wildman–Crippen LogP) is 1.51. The third kappa shape index (κ3) is 7.43. The Balaban J connectivity index is 2.40. The summed E-state index contributed by atoms with van der Waals surface area (Å²) in [6, 6.07) is 6.57. The minimum absolute atomic E-state index is 0.196. The number of benzene rings is 1. The number of esters is 1. The fourth-order valence-electron chi connectivity index (χ4n) is 1.64. The maximum Gasteiger partial charge on any atom is 0.338 e. The number of amides is 1. The van der Waals surface area contributed by atoms with Crippen molar-refractivity contribution in [1.82, 2.24) is 5.32 Å². The first-order chi connectivity index (χ1) is 9.78. The fraction of sp³-hybridized carbons (Fsp3) is 0.467. The summed E-state index contributed by atoms with van der Waals surface area (Å²) in [5, 5.41) is 14.9. The molecule has 0 saturated carbocycles. The highest BCUT2D eigenvalue weighted by Crippen LogP contribution is 2.11. The third-order valence-corrected chi connectivity index (χ3v) is 2.53. The number of hydrogen-bond donors (Lipinski definition) is 3. The molecule has 116 valence electrons. The first-order valence-electron chi connectivity index (χ1n) is 6.80. The quantitative estimate of drug-likeness (QED) is 0.403. The minimum Gasteiger partial charge on any atom is -0.462 e. The number of carbonyl (C=O) groups is 2. The number of ether oxygens (including phenoxy) is 1. The van der Waals surface area contributed by atoms with E-state index in [-0.39, 0.29) is 12.5 Å². The van der Waals surface area contributed by atoms with Crippen molar-refractivity contribution in [3.63, 3.8) is 0 Å². The Hall–Kier alpha value is -1.92. The molecule has 1 aromatic carbocycles. The molecule has 0 radical (unpaired) electrons. The third-order valence-electron chi connectivity index (χ3n) is 2.53. The van der Waals surface area contributed by atoms with Gasteiger partial charge in [-0.05, 0) is 38.5 Å². The van der Waals surface area contributed by atoms with Crippen LogP contribution in [0.1, 0.15) is 37.6 Å². The van der Waals surface area contributed by atoms with E-state index in [1.165, 1.54) is 6.92 Å². The SMILES string of the molecule is CC(=O)Nc1cccc(C(=O)OCCCNC(C)(C)O)c1. The lowest BCUT2D eigenvalue weighted by Crippen LogP contribution is -2.39. The van der Waals surface area contributed by atoms with Gasteiger partial charge in [-0.15, -0.1) is 0 Å². The Kier molecular flexibility index (Phi) is 6.33. The highest BCUT2D eigenvalue weighted by atomic mass is 16.5. The molecule has 0 aliphatic heterocycles. The molecule has 0 saturated heterocycles. The second kappa shape index (κ2) is 7.75. The second-order valence-corrected chi connectivity index (χ2v) is 5.24. The minimum atomic E-state index is -0.934. The Labute approximate surface area is 124 Å². The molecule has 0 aromatic heterocycles. The van der Waals surface area contributed by atoms with E-state index in [1.807, 2.05) is 0 Å².